The second kappa shape index (κ2) is 5.28. The molecule has 1 aromatic rings. The van der Waals surface area contributed by atoms with Crippen molar-refractivity contribution in [1.82, 2.24) is 0 Å². The molecule has 2 rings (SSSR count). The molecule has 0 bridgehead atoms. The van der Waals surface area contributed by atoms with Gasteiger partial charge < -0.3 is 10.1 Å². The monoisotopic (exact) mass is 269 g/mol. The summed E-state index contributed by atoms with van der Waals surface area (Å²) in [5, 5.41) is 3.32. The van der Waals surface area contributed by atoms with Crippen molar-refractivity contribution >= 4 is 15.5 Å². The predicted octanol–water partition coefficient (Wildman–Crippen LogP) is 2.07. The van der Waals surface area contributed by atoms with Crippen molar-refractivity contribution in [3.05, 3.63) is 24.3 Å². The zero-order chi connectivity index (χ0) is 13.2. The van der Waals surface area contributed by atoms with Crippen molar-refractivity contribution in [3.8, 4) is 0 Å². The first-order valence-electron chi connectivity index (χ1n) is 6.09. The van der Waals surface area contributed by atoms with E-state index >= 15 is 0 Å². The van der Waals surface area contributed by atoms with E-state index in [0.717, 1.165) is 19.3 Å². The van der Waals surface area contributed by atoms with E-state index in [1.807, 2.05) is 12.1 Å². The van der Waals surface area contributed by atoms with E-state index in [-0.39, 0.29) is 12.1 Å². The minimum absolute atomic E-state index is 0.285. The van der Waals surface area contributed by atoms with Gasteiger partial charge in [0.15, 0.2) is 9.84 Å². The lowest BCUT2D eigenvalue weighted by Gasteiger charge is -2.16. The molecule has 2 unspecified atom stereocenters. The largest absolute Gasteiger partial charge is 0.381 e. The lowest BCUT2D eigenvalue weighted by molar-refractivity contribution is 0.108. The van der Waals surface area contributed by atoms with Crippen molar-refractivity contribution < 1.29 is 13.2 Å². The molecule has 1 N–H and O–H groups in total. The van der Waals surface area contributed by atoms with Crippen molar-refractivity contribution in [2.75, 3.05) is 18.7 Å². The van der Waals surface area contributed by atoms with Gasteiger partial charge in [0.2, 0.25) is 0 Å². The standard InChI is InChI=1S/C13H19NO3S/c1-17-11-8-7-10(9-11)14-12-5-3-4-6-13(12)18(2,15)16/h3-6,10-11,14H,7-9H2,1-2H3. The zero-order valence-corrected chi connectivity index (χ0v) is 11.5. The van der Waals surface area contributed by atoms with Crippen molar-refractivity contribution in [1.29, 1.82) is 0 Å². The van der Waals surface area contributed by atoms with Crippen molar-refractivity contribution in [2.45, 2.75) is 36.3 Å². The fraction of sp³-hybridized carbons (Fsp3) is 0.538. The Bertz CT molecular complexity index is 513. The summed E-state index contributed by atoms with van der Waals surface area (Å²) in [7, 11) is -1.47. The maximum atomic E-state index is 11.7. The Kier molecular flexibility index (Phi) is 3.92. The molecule has 0 saturated heterocycles. The first-order valence-corrected chi connectivity index (χ1v) is 7.98. The molecule has 0 aromatic heterocycles. The van der Waals surface area contributed by atoms with Gasteiger partial charge in [-0.2, -0.15) is 0 Å². The Labute approximate surface area is 108 Å². The molecule has 1 aliphatic rings. The number of sulfone groups is 1. The Morgan fingerprint density at radius 1 is 1.28 bits per heavy atom. The molecule has 1 aromatic carbocycles. The lowest BCUT2D eigenvalue weighted by atomic mass is 10.2. The number of benzene rings is 1. The third kappa shape index (κ3) is 3.03. The zero-order valence-electron chi connectivity index (χ0n) is 10.7. The summed E-state index contributed by atoms with van der Waals surface area (Å²) in [5.74, 6) is 0. The Morgan fingerprint density at radius 3 is 2.61 bits per heavy atom. The van der Waals surface area contributed by atoms with Gasteiger partial charge in [-0.25, -0.2) is 8.42 Å². The molecule has 2 atom stereocenters. The second-order valence-electron chi connectivity index (χ2n) is 4.78. The van der Waals surface area contributed by atoms with Crippen LogP contribution >= 0.6 is 0 Å². The first-order chi connectivity index (χ1) is 8.50. The van der Waals surface area contributed by atoms with Crippen LogP contribution in [0.2, 0.25) is 0 Å². The Balaban J connectivity index is 2.15. The van der Waals surface area contributed by atoms with E-state index in [4.69, 9.17) is 4.74 Å². The maximum absolute atomic E-state index is 11.7. The molecular weight excluding hydrogens is 250 g/mol. The highest BCUT2D eigenvalue weighted by Gasteiger charge is 2.25. The molecule has 4 nitrogen and oxygen atoms in total. The Morgan fingerprint density at radius 2 is 2.00 bits per heavy atom. The Hall–Kier alpha value is -1.07. The normalized spacial score (nSPS) is 24.1. The molecule has 18 heavy (non-hydrogen) atoms. The summed E-state index contributed by atoms with van der Waals surface area (Å²) in [6.45, 7) is 0. The van der Waals surface area contributed by atoms with E-state index in [1.54, 1.807) is 19.2 Å². The van der Waals surface area contributed by atoms with Gasteiger partial charge in [-0.05, 0) is 31.4 Å². The third-order valence-corrected chi connectivity index (χ3v) is 4.52. The average Bonchev–Trinajstić information content (AvgIpc) is 2.76. The van der Waals surface area contributed by atoms with Crippen LogP contribution in [0.3, 0.4) is 0 Å². The third-order valence-electron chi connectivity index (χ3n) is 3.36. The minimum Gasteiger partial charge on any atom is -0.381 e. The number of rotatable bonds is 4. The molecule has 0 radical (unpaired) electrons. The molecule has 0 heterocycles. The molecule has 1 saturated carbocycles. The van der Waals surface area contributed by atoms with Gasteiger partial charge in [-0.15, -0.1) is 0 Å². The fourth-order valence-electron chi connectivity index (χ4n) is 2.41. The van der Waals surface area contributed by atoms with Crippen LogP contribution < -0.4 is 5.32 Å². The van der Waals surface area contributed by atoms with Crippen LogP contribution in [0, 0.1) is 0 Å². The topological polar surface area (TPSA) is 55.4 Å². The molecule has 0 amide bonds. The SMILES string of the molecule is COC1CCC(Nc2ccccc2S(C)(=O)=O)C1. The number of nitrogens with one attached hydrogen (secondary N) is 1. The quantitative estimate of drug-likeness (QED) is 0.909. The van der Waals surface area contributed by atoms with E-state index in [9.17, 15) is 8.42 Å². The van der Waals surface area contributed by atoms with Crippen LogP contribution in [0.1, 0.15) is 19.3 Å². The number of methoxy groups -OCH3 is 1. The second-order valence-corrected chi connectivity index (χ2v) is 6.76. The van der Waals surface area contributed by atoms with Gasteiger partial charge in [0.25, 0.3) is 0 Å². The summed E-state index contributed by atoms with van der Waals surface area (Å²) in [5.41, 5.74) is 0.696. The van der Waals surface area contributed by atoms with Gasteiger partial charge in [0.05, 0.1) is 16.7 Å². The van der Waals surface area contributed by atoms with E-state index < -0.39 is 9.84 Å². The fourth-order valence-corrected chi connectivity index (χ4v) is 3.27. The van der Waals surface area contributed by atoms with Crippen LogP contribution in [0.15, 0.2) is 29.2 Å². The van der Waals surface area contributed by atoms with E-state index in [0.29, 0.717) is 10.6 Å². The maximum Gasteiger partial charge on any atom is 0.177 e. The van der Waals surface area contributed by atoms with Gasteiger partial charge in [-0.1, -0.05) is 12.1 Å². The van der Waals surface area contributed by atoms with Gasteiger partial charge in [-0.3, -0.25) is 0 Å². The highest BCUT2D eigenvalue weighted by atomic mass is 32.2. The summed E-state index contributed by atoms with van der Waals surface area (Å²) < 4.78 is 28.7. The number of para-hydroxylation sites is 1. The smallest absolute Gasteiger partial charge is 0.177 e. The highest BCUT2D eigenvalue weighted by Crippen LogP contribution is 2.28. The number of ether oxygens (including phenoxy) is 1. The average molecular weight is 269 g/mol. The molecule has 0 aliphatic heterocycles. The number of anilines is 1. The summed E-state index contributed by atoms with van der Waals surface area (Å²) >= 11 is 0. The molecule has 1 aliphatic carbocycles. The molecule has 100 valence electrons. The number of hydrogen-bond acceptors (Lipinski definition) is 4. The summed E-state index contributed by atoms with van der Waals surface area (Å²) in [6, 6.07) is 7.34. The van der Waals surface area contributed by atoms with Crippen LogP contribution in [0.5, 0.6) is 0 Å². The highest BCUT2D eigenvalue weighted by molar-refractivity contribution is 7.90. The molecule has 0 spiro atoms. The van der Waals surface area contributed by atoms with Gasteiger partial charge >= 0.3 is 0 Å². The first kappa shape index (κ1) is 13.4. The molecule has 5 heteroatoms. The van der Waals surface area contributed by atoms with Crippen molar-refractivity contribution in [3.63, 3.8) is 0 Å². The van der Waals surface area contributed by atoms with Crippen LogP contribution in [0.4, 0.5) is 5.69 Å². The summed E-state index contributed by atoms with van der Waals surface area (Å²) in [6.07, 6.45) is 4.48. The predicted molar refractivity (Wildman–Crippen MR) is 71.6 cm³/mol. The summed E-state index contributed by atoms with van der Waals surface area (Å²) in [4.78, 5) is 0.367. The van der Waals surface area contributed by atoms with Crippen LogP contribution in [0.25, 0.3) is 0 Å². The van der Waals surface area contributed by atoms with Crippen LogP contribution in [-0.4, -0.2) is 33.9 Å². The molecular formula is C13H19NO3S. The molecule has 1 fully saturated rings. The van der Waals surface area contributed by atoms with Crippen LogP contribution in [-0.2, 0) is 14.6 Å². The number of hydrogen-bond donors (Lipinski definition) is 1. The van der Waals surface area contributed by atoms with E-state index in [2.05, 4.69) is 5.32 Å². The van der Waals surface area contributed by atoms with Gasteiger partial charge in [0, 0.05) is 19.4 Å². The van der Waals surface area contributed by atoms with Gasteiger partial charge in [0.1, 0.15) is 0 Å². The lowest BCUT2D eigenvalue weighted by Crippen LogP contribution is -2.18. The van der Waals surface area contributed by atoms with E-state index in [1.165, 1.54) is 6.26 Å². The van der Waals surface area contributed by atoms with Crippen molar-refractivity contribution in [2.24, 2.45) is 0 Å². The minimum atomic E-state index is -3.19.